The van der Waals surface area contributed by atoms with Crippen LogP contribution in [0.25, 0.3) is 0 Å². The Morgan fingerprint density at radius 1 is 0.758 bits per heavy atom. The highest BCUT2D eigenvalue weighted by Gasteiger charge is 2.22. The van der Waals surface area contributed by atoms with Crippen molar-refractivity contribution in [1.82, 2.24) is 0 Å². The first-order valence-electron chi connectivity index (χ1n) is 11.9. The van der Waals surface area contributed by atoms with E-state index in [9.17, 15) is 14.7 Å². The van der Waals surface area contributed by atoms with E-state index in [4.69, 9.17) is 14.2 Å². The lowest BCUT2D eigenvalue weighted by Gasteiger charge is -2.16. The smallest absolute Gasteiger partial charge is 0.342 e. The number of carbonyl (C=O) groups excluding carboxylic acids is 1. The Bertz CT molecular complexity index is 862. The Morgan fingerprint density at radius 3 is 1.85 bits per heavy atom. The number of unbranched alkanes of at least 4 members (excludes halogenated alkanes) is 6. The molecule has 0 unspecified atom stereocenters. The van der Waals surface area contributed by atoms with Crippen LogP contribution >= 0.6 is 0 Å². The van der Waals surface area contributed by atoms with Crippen molar-refractivity contribution in [2.75, 3.05) is 13.2 Å². The quantitative estimate of drug-likeness (QED) is 0.225. The predicted octanol–water partition coefficient (Wildman–Crippen LogP) is 6.66. The van der Waals surface area contributed by atoms with Crippen molar-refractivity contribution in [2.24, 2.45) is 0 Å². The van der Waals surface area contributed by atoms with Gasteiger partial charge in [-0.3, -0.25) is 0 Å². The molecule has 1 N–H and O–H groups in total. The molecule has 0 radical (unpaired) electrons. The molecule has 33 heavy (non-hydrogen) atoms. The van der Waals surface area contributed by atoms with E-state index in [0.717, 1.165) is 56.9 Å². The van der Waals surface area contributed by atoms with Gasteiger partial charge in [-0.05, 0) is 30.5 Å². The largest absolute Gasteiger partial charge is 0.493 e. The number of esters is 1. The molecule has 2 rings (SSSR count). The van der Waals surface area contributed by atoms with E-state index in [-0.39, 0.29) is 29.2 Å². The SMILES string of the molecule is CCCCCCOc1cc(C(=O)OCc2ccccc2)c(OCCCCCC)cc1C(=O)O. The van der Waals surface area contributed by atoms with Crippen LogP contribution in [0.4, 0.5) is 0 Å². The topological polar surface area (TPSA) is 82.1 Å². The zero-order valence-corrected chi connectivity index (χ0v) is 19.8. The molecule has 0 heterocycles. The normalized spacial score (nSPS) is 10.6. The van der Waals surface area contributed by atoms with E-state index in [1.54, 1.807) is 0 Å². The van der Waals surface area contributed by atoms with Gasteiger partial charge in [-0.25, -0.2) is 9.59 Å². The lowest BCUT2D eigenvalue weighted by molar-refractivity contribution is 0.0466. The van der Waals surface area contributed by atoms with Crippen LogP contribution in [-0.4, -0.2) is 30.3 Å². The van der Waals surface area contributed by atoms with Crippen LogP contribution in [0.15, 0.2) is 42.5 Å². The molecular formula is C27H36O6. The molecule has 0 aliphatic rings. The number of benzene rings is 2. The van der Waals surface area contributed by atoms with Crippen LogP contribution in [0, 0.1) is 0 Å². The van der Waals surface area contributed by atoms with Gasteiger partial charge in [-0.1, -0.05) is 82.7 Å². The molecule has 6 nitrogen and oxygen atoms in total. The third kappa shape index (κ3) is 9.16. The van der Waals surface area contributed by atoms with Crippen LogP contribution in [0.1, 0.15) is 91.5 Å². The van der Waals surface area contributed by atoms with Gasteiger partial charge < -0.3 is 19.3 Å². The summed E-state index contributed by atoms with van der Waals surface area (Å²) in [7, 11) is 0. The maximum Gasteiger partial charge on any atom is 0.342 e. The van der Waals surface area contributed by atoms with E-state index in [0.29, 0.717) is 13.2 Å². The van der Waals surface area contributed by atoms with E-state index in [2.05, 4.69) is 13.8 Å². The number of carbonyl (C=O) groups is 2. The first-order valence-corrected chi connectivity index (χ1v) is 11.9. The molecule has 0 fully saturated rings. The van der Waals surface area contributed by atoms with Crippen molar-refractivity contribution >= 4 is 11.9 Å². The molecule has 2 aromatic carbocycles. The van der Waals surface area contributed by atoms with Gasteiger partial charge in [-0.15, -0.1) is 0 Å². The number of ether oxygens (including phenoxy) is 3. The summed E-state index contributed by atoms with van der Waals surface area (Å²) in [6.07, 6.45) is 8.05. The van der Waals surface area contributed by atoms with Gasteiger partial charge in [0.05, 0.1) is 13.2 Å². The number of aromatic carboxylic acids is 1. The number of hydrogen-bond donors (Lipinski definition) is 1. The van der Waals surface area contributed by atoms with E-state index < -0.39 is 11.9 Å². The average Bonchev–Trinajstić information content (AvgIpc) is 2.83. The summed E-state index contributed by atoms with van der Waals surface area (Å²) in [5.74, 6) is -1.34. The number of hydrogen-bond acceptors (Lipinski definition) is 5. The van der Waals surface area contributed by atoms with Gasteiger partial charge in [0.25, 0.3) is 0 Å². The summed E-state index contributed by atoms with van der Waals surface area (Å²) in [4.78, 5) is 24.8. The molecular weight excluding hydrogens is 420 g/mol. The highest BCUT2D eigenvalue weighted by atomic mass is 16.5. The van der Waals surface area contributed by atoms with Crippen molar-refractivity contribution in [3.05, 3.63) is 59.2 Å². The standard InChI is InChI=1S/C27H36O6/c1-3-5-7-12-16-31-24-19-23(27(30)33-20-21-14-10-9-11-15-21)25(18-22(24)26(28)29)32-17-13-8-6-4-2/h9-11,14-15,18-19H,3-8,12-13,16-17,20H2,1-2H3,(H,28,29). The minimum absolute atomic E-state index is 0.0198. The Balaban J connectivity index is 2.21. The summed E-state index contributed by atoms with van der Waals surface area (Å²) in [6, 6.07) is 12.2. The minimum Gasteiger partial charge on any atom is -0.493 e. The molecule has 0 spiro atoms. The van der Waals surface area contributed by atoms with Gasteiger partial charge in [0, 0.05) is 0 Å². The molecule has 0 aromatic heterocycles. The Kier molecular flexibility index (Phi) is 11.9. The summed E-state index contributed by atoms with van der Waals surface area (Å²) >= 11 is 0. The number of carboxylic acids is 1. The Labute approximate surface area is 196 Å². The lowest BCUT2D eigenvalue weighted by Crippen LogP contribution is -2.12. The van der Waals surface area contributed by atoms with Crippen molar-refractivity contribution in [2.45, 2.75) is 71.8 Å². The third-order valence-electron chi connectivity index (χ3n) is 5.26. The second kappa shape index (κ2) is 14.9. The van der Waals surface area contributed by atoms with Gasteiger partial charge in [0.2, 0.25) is 0 Å². The highest BCUT2D eigenvalue weighted by molar-refractivity contribution is 5.97. The molecule has 0 aliphatic heterocycles. The van der Waals surface area contributed by atoms with Crippen molar-refractivity contribution in [3.8, 4) is 11.5 Å². The maximum atomic E-state index is 12.9. The van der Waals surface area contributed by atoms with Gasteiger partial charge >= 0.3 is 11.9 Å². The lowest BCUT2D eigenvalue weighted by atomic mass is 10.1. The first-order chi connectivity index (χ1) is 16.1. The van der Waals surface area contributed by atoms with Gasteiger partial charge in [-0.2, -0.15) is 0 Å². The molecule has 0 saturated heterocycles. The molecule has 2 aromatic rings. The van der Waals surface area contributed by atoms with Crippen LogP contribution in [0.3, 0.4) is 0 Å². The zero-order chi connectivity index (χ0) is 23.9. The molecule has 0 atom stereocenters. The van der Waals surface area contributed by atoms with Crippen molar-refractivity contribution < 1.29 is 28.9 Å². The Hall–Kier alpha value is -3.02. The maximum absolute atomic E-state index is 12.9. The highest BCUT2D eigenvalue weighted by Crippen LogP contribution is 2.31. The third-order valence-corrected chi connectivity index (χ3v) is 5.26. The fourth-order valence-corrected chi connectivity index (χ4v) is 3.35. The number of carboxylic acid groups (broad SMARTS) is 1. The molecule has 0 saturated carbocycles. The van der Waals surface area contributed by atoms with Crippen LogP contribution in [0.5, 0.6) is 11.5 Å². The fraction of sp³-hybridized carbons (Fsp3) is 0.481. The molecule has 180 valence electrons. The second-order valence-corrected chi connectivity index (χ2v) is 8.03. The van der Waals surface area contributed by atoms with Gasteiger partial charge in [0.15, 0.2) is 0 Å². The number of rotatable bonds is 16. The van der Waals surface area contributed by atoms with Crippen LogP contribution in [0.2, 0.25) is 0 Å². The summed E-state index contributed by atoms with van der Waals surface area (Å²) in [6.45, 7) is 5.15. The summed E-state index contributed by atoms with van der Waals surface area (Å²) in [5, 5.41) is 9.70. The molecule has 6 heteroatoms. The van der Waals surface area contributed by atoms with Crippen molar-refractivity contribution in [3.63, 3.8) is 0 Å². The summed E-state index contributed by atoms with van der Waals surface area (Å²) < 4.78 is 17.1. The minimum atomic E-state index is -1.13. The molecule has 0 amide bonds. The van der Waals surface area contributed by atoms with E-state index in [1.807, 2.05) is 30.3 Å². The predicted molar refractivity (Wildman–Crippen MR) is 128 cm³/mol. The van der Waals surface area contributed by atoms with Gasteiger partial charge in [0.1, 0.15) is 29.2 Å². The fourth-order valence-electron chi connectivity index (χ4n) is 3.35. The van der Waals surface area contributed by atoms with E-state index >= 15 is 0 Å². The zero-order valence-electron chi connectivity index (χ0n) is 19.8. The molecule has 0 aliphatic carbocycles. The summed E-state index contributed by atoms with van der Waals surface area (Å²) in [5.41, 5.74) is 1.02. The van der Waals surface area contributed by atoms with Crippen LogP contribution < -0.4 is 9.47 Å². The van der Waals surface area contributed by atoms with Crippen molar-refractivity contribution in [1.29, 1.82) is 0 Å². The average molecular weight is 457 g/mol. The van der Waals surface area contributed by atoms with Crippen LogP contribution in [-0.2, 0) is 11.3 Å². The Morgan fingerprint density at radius 2 is 1.30 bits per heavy atom. The monoisotopic (exact) mass is 456 g/mol. The first kappa shape index (κ1) is 26.2. The van der Waals surface area contributed by atoms with E-state index in [1.165, 1.54) is 12.1 Å². The second-order valence-electron chi connectivity index (χ2n) is 8.03. The molecule has 0 bridgehead atoms.